The van der Waals surface area contributed by atoms with Gasteiger partial charge in [-0.05, 0) is 43.2 Å². The maximum atomic E-state index is 12.9. The molecule has 1 heterocycles. The van der Waals surface area contributed by atoms with Crippen LogP contribution in [0.3, 0.4) is 0 Å². The van der Waals surface area contributed by atoms with E-state index in [4.69, 9.17) is 5.73 Å². The summed E-state index contributed by atoms with van der Waals surface area (Å²) in [6, 6.07) is 10.5. The Morgan fingerprint density at radius 3 is 2.54 bits per heavy atom. The number of ketones is 1. The number of Topliss-reactive ketones (excluding diaryl/α,β-unsaturated/α-hetero) is 1. The van der Waals surface area contributed by atoms with Crippen molar-refractivity contribution < 1.29 is 9.59 Å². The summed E-state index contributed by atoms with van der Waals surface area (Å²) in [5.41, 5.74) is 7.18. The molecule has 1 atom stereocenters. The maximum absolute atomic E-state index is 12.9. The third-order valence-corrected chi connectivity index (χ3v) is 6.59. The van der Waals surface area contributed by atoms with Crippen LogP contribution in [-0.4, -0.2) is 29.7 Å². The Balaban J connectivity index is 1.40. The van der Waals surface area contributed by atoms with Gasteiger partial charge < -0.3 is 10.6 Å². The fourth-order valence-corrected chi connectivity index (χ4v) is 5.22. The van der Waals surface area contributed by atoms with Crippen LogP contribution in [0.15, 0.2) is 42.1 Å². The minimum atomic E-state index is -0.438. The number of hydrogen-bond acceptors (Lipinski definition) is 3. The minimum absolute atomic E-state index is 0.0394. The van der Waals surface area contributed by atoms with Crippen molar-refractivity contribution in [1.82, 2.24) is 4.90 Å². The van der Waals surface area contributed by atoms with E-state index < -0.39 is 5.41 Å². The highest BCUT2D eigenvalue weighted by molar-refractivity contribution is 5.99. The van der Waals surface area contributed by atoms with E-state index in [-0.39, 0.29) is 23.0 Å². The van der Waals surface area contributed by atoms with E-state index in [1.54, 1.807) is 0 Å². The van der Waals surface area contributed by atoms with Crippen molar-refractivity contribution in [2.75, 3.05) is 13.1 Å². The molecule has 4 heteroatoms. The van der Waals surface area contributed by atoms with Gasteiger partial charge in [-0.15, -0.1) is 0 Å². The van der Waals surface area contributed by atoms with Crippen LogP contribution in [0.5, 0.6) is 0 Å². The molecular weight excluding hydrogens is 324 g/mol. The molecule has 0 aromatic heterocycles. The molecule has 4 rings (SSSR count). The van der Waals surface area contributed by atoms with Crippen molar-refractivity contribution in [3.63, 3.8) is 0 Å². The molecule has 1 aromatic rings. The van der Waals surface area contributed by atoms with Crippen molar-refractivity contribution in [1.29, 1.82) is 0 Å². The monoisotopic (exact) mass is 352 g/mol. The van der Waals surface area contributed by atoms with Crippen LogP contribution in [-0.2, 0) is 9.59 Å². The highest BCUT2D eigenvalue weighted by atomic mass is 16.2. The standard InChI is InChI=1S/C22H28N2O2/c1-21(2)13-22(12-18(23)19(21)25)8-9-24(14-22)20(26)17-10-16(11-17)15-6-4-3-5-7-15/h3-7,12,16-17H,8-11,13-14,23H2,1-2H3/t16?,17?,22-/m1/s1. The van der Waals surface area contributed by atoms with E-state index in [0.717, 1.165) is 32.2 Å². The molecule has 2 fully saturated rings. The Kier molecular flexibility index (Phi) is 3.98. The molecule has 0 bridgehead atoms. The van der Waals surface area contributed by atoms with Crippen molar-refractivity contribution in [3.05, 3.63) is 47.7 Å². The van der Waals surface area contributed by atoms with Gasteiger partial charge in [0.25, 0.3) is 0 Å². The van der Waals surface area contributed by atoms with E-state index in [0.29, 0.717) is 18.2 Å². The van der Waals surface area contributed by atoms with Crippen molar-refractivity contribution in [2.24, 2.45) is 22.5 Å². The van der Waals surface area contributed by atoms with Crippen LogP contribution in [0.4, 0.5) is 0 Å². The fourth-order valence-electron chi connectivity index (χ4n) is 5.22. The van der Waals surface area contributed by atoms with E-state index >= 15 is 0 Å². The Morgan fingerprint density at radius 1 is 1.19 bits per heavy atom. The molecule has 1 amide bonds. The van der Waals surface area contributed by atoms with Crippen LogP contribution in [0.25, 0.3) is 0 Å². The predicted molar refractivity (Wildman–Crippen MR) is 101 cm³/mol. The number of carbonyl (C=O) groups is 2. The van der Waals surface area contributed by atoms with Gasteiger partial charge in [0.1, 0.15) is 0 Å². The molecule has 26 heavy (non-hydrogen) atoms. The predicted octanol–water partition coefficient (Wildman–Crippen LogP) is 3.24. The summed E-state index contributed by atoms with van der Waals surface area (Å²) in [5.74, 6) is 0.992. The zero-order chi connectivity index (χ0) is 18.5. The summed E-state index contributed by atoms with van der Waals surface area (Å²) >= 11 is 0. The van der Waals surface area contributed by atoms with Gasteiger partial charge in [-0.2, -0.15) is 0 Å². The van der Waals surface area contributed by atoms with Crippen molar-refractivity contribution >= 4 is 11.7 Å². The number of allylic oxidation sites excluding steroid dienone is 1. The summed E-state index contributed by atoms with van der Waals surface area (Å²) in [4.78, 5) is 27.2. The molecule has 4 nitrogen and oxygen atoms in total. The SMILES string of the molecule is CC1(C)C[C@]2(C=C(N)C1=O)CCN(C(=O)C1CC(c3ccccc3)C1)C2. The molecule has 0 unspecified atom stereocenters. The quantitative estimate of drug-likeness (QED) is 0.889. The summed E-state index contributed by atoms with van der Waals surface area (Å²) < 4.78 is 0. The first-order chi connectivity index (χ1) is 12.3. The lowest BCUT2D eigenvalue weighted by Crippen LogP contribution is -2.44. The second-order valence-electron chi connectivity index (χ2n) is 9.14. The average molecular weight is 352 g/mol. The molecule has 1 spiro atoms. The van der Waals surface area contributed by atoms with Crippen LogP contribution in [0.1, 0.15) is 51.0 Å². The van der Waals surface area contributed by atoms with Gasteiger partial charge in [-0.1, -0.05) is 44.2 Å². The third kappa shape index (κ3) is 2.85. The van der Waals surface area contributed by atoms with Crippen molar-refractivity contribution in [2.45, 2.75) is 45.4 Å². The van der Waals surface area contributed by atoms with E-state index in [1.165, 1.54) is 5.56 Å². The first-order valence-corrected chi connectivity index (χ1v) is 9.67. The molecule has 138 valence electrons. The number of amides is 1. The number of rotatable bonds is 2. The molecule has 1 saturated heterocycles. The topological polar surface area (TPSA) is 63.4 Å². The first-order valence-electron chi connectivity index (χ1n) is 9.67. The minimum Gasteiger partial charge on any atom is -0.396 e. The van der Waals surface area contributed by atoms with Crippen LogP contribution < -0.4 is 5.73 Å². The molecule has 1 saturated carbocycles. The van der Waals surface area contributed by atoms with E-state index in [2.05, 4.69) is 24.3 Å². The normalized spacial score (nSPS) is 33.1. The first kappa shape index (κ1) is 17.3. The maximum Gasteiger partial charge on any atom is 0.225 e. The van der Waals surface area contributed by atoms with Gasteiger partial charge in [0.05, 0.1) is 5.70 Å². The van der Waals surface area contributed by atoms with Crippen molar-refractivity contribution in [3.8, 4) is 0 Å². The number of carbonyl (C=O) groups excluding carboxylic acids is 2. The number of nitrogens with two attached hydrogens (primary N) is 1. The zero-order valence-corrected chi connectivity index (χ0v) is 15.7. The van der Waals surface area contributed by atoms with Crippen LogP contribution in [0, 0.1) is 16.7 Å². The van der Waals surface area contributed by atoms with Crippen LogP contribution >= 0.6 is 0 Å². The number of benzene rings is 1. The third-order valence-electron chi connectivity index (χ3n) is 6.59. The van der Waals surface area contributed by atoms with Gasteiger partial charge in [0.15, 0.2) is 5.78 Å². The largest absolute Gasteiger partial charge is 0.396 e. The number of nitrogens with zero attached hydrogens (tertiary/aromatic N) is 1. The molecule has 0 radical (unpaired) electrons. The molecular formula is C22H28N2O2. The average Bonchev–Trinajstić information content (AvgIpc) is 2.95. The lowest BCUT2D eigenvalue weighted by molar-refractivity contribution is -0.138. The Labute approximate surface area is 155 Å². The smallest absolute Gasteiger partial charge is 0.225 e. The fraction of sp³-hybridized carbons (Fsp3) is 0.545. The van der Waals surface area contributed by atoms with Gasteiger partial charge >= 0.3 is 0 Å². The molecule has 2 N–H and O–H groups in total. The molecule has 1 aliphatic heterocycles. The number of hydrogen-bond donors (Lipinski definition) is 1. The highest BCUT2D eigenvalue weighted by Gasteiger charge is 2.49. The summed E-state index contributed by atoms with van der Waals surface area (Å²) in [5, 5.41) is 0. The summed E-state index contributed by atoms with van der Waals surface area (Å²) in [6.45, 7) is 5.42. The van der Waals surface area contributed by atoms with E-state index in [1.807, 2.05) is 30.9 Å². The second-order valence-corrected chi connectivity index (χ2v) is 9.14. The van der Waals surface area contributed by atoms with Gasteiger partial charge in [0, 0.05) is 29.8 Å². The van der Waals surface area contributed by atoms with Gasteiger partial charge in [-0.3, -0.25) is 9.59 Å². The molecule has 3 aliphatic rings. The lowest BCUT2D eigenvalue weighted by Gasteiger charge is -2.40. The molecule has 2 aliphatic carbocycles. The number of likely N-dealkylation sites (tertiary alicyclic amines) is 1. The van der Waals surface area contributed by atoms with Gasteiger partial charge in [-0.25, -0.2) is 0 Å². The second kappa shape index (κ2) is 5.97. The summed E-state index contributed by atoms with van der Waals surface area (Å²) in [6.07, 6.45) is 5.54. The Hall–Kier alpha value is -2.10. The molecule has 1 aromatic carbocycles. The Morgan fingerprint density at radius 2 is 1.88 bits per heavy atom. The van der Waals surface area contributed by atoms with E-state index in [9.17, 15) is 9.59 Å². The highest BCUT2D eigenvalue weighted by Crippen LogP contribution is 2.49. The summed E-state index contributed by atoms with van der Waals surface area (Å²) in [7, 11) is 0. The Bertz CT molecular complexity index is 762. The van der Waals surface area contributed by atoms with Gasteiger partial charge in [0.2, 0.25) is 5.91 Å². The zero-order valence-electron chi connectivity index (χ0n) is 15.7. The lowest BCUT2D eigenvalue weighted by atomic mass is 9.65. The van der Waals surface area contributed by atoms with Crippen LogP contribution in [0.2, 0.25) is 0 Å².